The lowest BCUT2D eigenvalue weighted by atomic mass is 9.98. The van der Waals surface area contributed by atoms with E-state index in [1.54, 1.807) is 0 Å². The molecule has 0 saturated carbocycles. The molecule has 1 aromatic heterocycles. The van der Waals surface area contributed by atoms with Crippen molar-refractivity contribution in [3.8, 4) is 0 Å². The average Bonchev–Trinajstić information content (AvgIpc) is 3.04. The quantitative estimate of drug-likeness (QED) is 0.194. The van der Waals surface area contributed by atoms with Gasteiger partial charge in [-0.1, -0.05) is 42.8 Å². The summed E-state index contributed by atoms with van der Waals surface area (Å²) < 4.78 is 4.31. The van der Waals surface area contributed by atoms with E-state index in [1.165, 1.54) is 11.5 Å². The predicted octanol–water partition coefficient (Wildman–Crippen LogP) is 4.25. The summed E-state index contributed by atoms with van der Waals surface area (Å²) in [5.41, 5.74) is 7.45. The third-order valence-corrected chi connectivity index (χ3v) is 4.81. The molecule has 4 N–H and O–H groups in total. The van der Waals surface area contributed by atoms with Crippen LogP contribution < -0.4 is 11.1 Å². The maximum atomic E-state index is 8.57. The molecular weight excluding hydrogens is 334 g/mol. The summed E-state index contributed by atoms with van der Waals surface area (Å²) >= 11 is 1.43. The van der Waals surface area contributed by atoms with Crippen molar-refractivity contribution in [2.24, 2.45) is 10.9 Å². The molecule has 7 heteroatoms. The van der Waals surface area contributed by atoms with E-state index in [0.29, 0.717) is 6.42 Å². The molecule has 1 unspecified atom stereocenters. The lowest BCUT2D eigenvalue weighted by Gasteiger charge is -2.19. The van der Waals surface area contributed by atoms with Gasteiger partial charge in [0.25, 0.3) is 0 Å². The topological polar surface area (TPSA) is 96.4 Å². The molecule has 2 rings (SSSR count). The van der Waals surface area contributed by atoms with Crippen LogP contribution in [0.1, 0.15) is 48.9 Å². The molecule has 0 bridgehead atoms. The summed E-state index contributed by atoms with van der Waals surface area (Å²) in [5.74, 6) is 1.20. The smallest absolute Gasteiger partial charge is 0.139 e. The largest absolute Gasteiger partial charge is 0.409 e. The van der Waals surface area contributed by atoms with E-state index < -0.39 is 0 Å². The Morgan fingerprint density at radius 2 is 2.08 bits per heavy atom. The Morgan fingerprint density at radius 1 is 1.32 bits per heavy atom. The Kier molecular flexibility index (Phi) is 7.40. The first-order valence-electron chi connectivity index (χ1n) is 8.37. The van der Waals surface area contributed by atoms with Crippen molar-refractivity contribution in [3.05, 3.63) is 53.4 Å². The van der Waals surface area contributed by atoms with Crippen LogP contribution in [0.2, 0.25) is 0 Å². The van der Waals surface area contributed by atoms with Crippen LogP contribution in [-0.2, 0) is 0 Å². The van der Waals surface area contributed by atoms with Crippen molar-refractivity contribution in [2.75, 3.05) is 5.32 Å². The number of aromatic nitrogens is 2. The minimum Gasteiger partial charge on any atom is -0.409 e. The molecule has 1 heterocycles. The van der Waals surface area contributed by atoms with Crippen LogP contribution in [0.15, 0.2) is 47.8 Å². The summed E-state index contributed by atoms with van der Waals surface area (Å²) in [6, 6.07) is 10.0. The van der Waals surface area contributed by atoms with Gasteiger partial charge in [-0.05, 0) is 43.4 Å². The molecule has 0 saturated heterocycles. The molecular formula is C18H25N5OS. The molecule has 1 atom stereocenters. The molecule has 0 aliphatic rings. The second-order valence-electron chi connectivity index (χ2n) is 5.94. The van der Waals surface area contributed by atoms with Gasteiger partial charge in [-0.2, -0.15) is 4.37 Å². The zero-order chi connectivity index (χ0) is 18.1. The van der Waals surface area contributed by atoms with Crippen LogP contribution in [-0.4, -0.2) is 20.4 Å². The summed E-state index contributed by atoms with van der Waals surface area (Å²) in [6.45, 7) is 6.14. The van der Waals surface area contributed by atoms with E-state index >= 15 is 0 Å². The Hall–Kier alpha value is -2.41. The highest BCUT2D eigenvalue weighted by atomic mass is 32.1. The van der Waals surface area contributed by atoms with Crippen molar-refractivity contribution in [2.45, 2.75) is 44.9 Å². The highest BCUT2D eigenvalue weighted by Crippen LogP contribution is 2.31. The average molecular weight is 359 g/mol. The van der Waals surface area contributed by atoms with Crippen molar-refractivity contribution in [1.82, 2.24) is 9.36 Å². The lowest BCUT2D eigenvalue weighted by Crippen LogP contribution is -2.11. The third-order valence-electron chi connectivity index (χ3n) is 3.89. The second kappa shape index (κ2) is 9.78. The second-order valence-corrected chi connectivity index (χ2v) is 6.72. The summed E-state index contributed by atoms with van der Waals surface area (Å²) in [6.07, 6.45) is 4.46. The fraction of sp³-hybridized carbons (Fsp3) is 0.389. The van der Waals surface area contributed by atoms with Crippen LogP contribution in [0.25, 0.3) is 0 Å². The Morgan fingerprint density at radius 3 is 2.72 bits per heavy atom. The molecule has 0 aliphatic carbocycles. The molecule has 6 nitrogen and oxygen atoms in total. The first-order valence-corrected chi connectivity index (χ1v) is 9.15. The van der Waals surface area contributed by atoms with Gasteiger partial charge in [0.2, 0.25) is 0 Å². The van der Waals surface area contributed by atoms with Crippen LogP contribution in [0.3, 0.4) is 0 Å². The Labute approximate surface area is 152 Å². The standard InChI is InChI=1S/C18H25N5OS/c1-13(20-15-9-5-3-6-10-15)16(18-21-14(2)23-25-18)11-7-4-8-12-17(19)22-24/h3,5-6,9-10,16,20,24H,1,4,7-8,11-12H2,2H3,(H2,19,22). The van der Waals surface area contributed by atoms with Crippen LogP contribution in [0.5, 0.6) is 0 Å². The van der Waals surface area contributed by atoms with Crippen molar-refractivity contribution in [3.63, 3.8) is 0 Å². The normalized spacial score (nSPS) is 12.8. The van der Waals surface area contributed by atoms with Gasteiger partial charge in [0.05, 0.1) is 5.92 Å². The maximum Gasteiger partial charge on any atom is 0.139 e. The molecule has 25 heavy (non-hydrogen) atoms. The molecule has 0 aliphatic heterocycles. The van der Waals surface area contributed by atoms with Gasteiger partial charge in [-0.15, -0.1) is 0 Å². The number of benzene rings is 1. The van der Waals surface area contributed by atoms with Crippen molar-refractivity contribution >= 4 is 23.1 Å². The number of oxime groups is 1. The van der Waals surface area contributed by atoms with Gasteiger partial charge in [-0.3, -0.25) is 0 Å². The van der Waals surface area contributed by atoms with Gasteiger partial charge >= 0.3 is 0 Å². The van der Waals surface area contributed by atoms with E-state index in [-0.39, 0.29) is 11.8 Å². The Bertz CT molecular complexity index is 699. The third kappa shape index (κ3) is 6.19. The molecule has 1 aromatic carbocycles. The van der Waals surface area contributed by atoms with Crippen LogP contribution in [0, 0.1) is 6.92 Å². The number of nitrogens with one attached hydrogen (secondary N) is 1. The van der Waals surface area contributed by atoms with Crippen molar-refractivity contribution in [1.29, 1.82) is 0 Å². The molecule has 0 amide bonds. The highest BCUT2D eigenvalue weighted by Gasteiger charge is 2.19. The lowest BCUT2D eigenvalue weighted by molar-refractivity contribution is 0.316. The van der Waals surface area contributed by atoms with E-state index in [9.17, 15) is 0 Å². The Balaban J connectivity index is 1.95. The van der Waals surface area contributed by atoms with E-state index in [0.717, 1.165) is 47.9 Å². The van der Waals surface area contributed by atoms with Crippen LogP contribution in [0.4, 0.5) is 5.69 Å². The number of hydrogen-bond acceptors (Lipinski definition) is 6. The number of allylic oxidation sites excluding steroid dienone is 1. The van der Waals surface area contributed by atoms with Gasteiger partial charge in [0, 0.05) is 17.8 Å². The van der Waals surface area contributed by atoms with Crippen LogP contribution >= 0.6 is 11.5 Å². The summed E-state index contributed by atoms with van der Waals surface area (Å²) in [4.78, 5) is 4.55. The zero-order valence-electron chi connectivity index (χ0n) is 14.5. The number of para-hydroxylation sites is 1. The van der Waals surface area contributed by atoms with Crippen molar-refractivity contribution < 1.29 is 5.21 Å². The molecule has 0 spiro atoms. The van der Waals surface area contributed by atoms with E-state index in [2.05, 4.69) is 26.4 Å². The number of nitrogens with two attached hydrogens (primary N) is 1. The monoisotopic (exact) mass is 359 g/mol. The van der Waals surface area contributed by atoms with Gasteiger partial charge in [0.15, 0.2) is 0 Å². The van der Waals surface area contributed by atoms with Gasteiger partial charge in [0.1, 0.15) is 16.7 Å². The molecule has 0 radical (unpaired) electrons. The molecule has 134 valence electrons. The zero-order valence-corrected chi connectivity index (χ0v) is 15.3. The predicted molar refractivity (Wildman–Crippen MR) is 103 cm³/mol. The molecule has 2 aromatic rings. The molecule has 0 fully saturated rings. The number of aryl methyl sites for hydroxylation is 1. The number of anilines is 1. The fourth-order valence-corrected chi connectivity index (χ4v) is 3.40. The summed E-state index contributed by atoms with van der Waals surface area (Å²) in [5, 5.41) is 16.0. The highest BCUT2D eigenvalue weighted by molar-refractivity contribution is 7.05. The first kappa shape index (κ1) is 18.9. The SMILES string of the molecule is C=C(Nc1ccccc1)C(CCCCCC(N)=NO)c1nc(C)ns1. The summed E-state index contributed by atoms with van der Waals surface area (Å²) in [7, 11) is 0. The number of rotatable bonds is 10. The van der Waals surface area contributed by atoms with Gasteiger partial charge in [-0.25, -0.2) is 4.98 Å². The number of amidine groups is 1. The van der Waals surface area contributed by atoms with E-state index in [1.807, 2.05) is 37.3 Å². The maximum absolute atomic E-state index is 8.57. The minimum absolute atomic E-state index is 0.121. The number of hydrogen-bond donors (Lipinski definition) is 3. The minimum atomic E-state index is 0.121. The van der Waals surface area contributed by atoms with Gasteiger partial charge < -0.3 is 16.3 Å². The number of unbranched alkanes of at least 4 members (excludes halogenated alkanes) is 2. The number of nitrogens with zero attached hydrogens (tertiary/aromatic N) is 3. The first-order chi connectivity index (χ1) is 12.1. The fourth-order valence-electron chi connectivity index (χ4n) is 2.58. The van der Waals surface area contributed by atoms with E-state index in [4.69, 9.17) is 10.9 Å².